The summed E-state index contributed by atoms with van der Waals surface area (Å²) in [6, 6.07) is 4.94. The van der Waals surface area contributed by atoms with Crippen molar-refractivity contribution in [3.05, 3.63) is 40.0 Å². The van der Waals surface area contributed by atoms with E-state index in [0.717, 1.165) is 0 Å². The first-order valence-corrected chi connectivity index (χ1v) is 13.8. The Labute approximate surface area is 188 Å². The van der Waals surface area contributed by atoms with Crippen LogP contribution >= 0.6 is 7.05 Å². The summed E-state index contributed by atoms with van der Waals surface area (Å²) in [4.78, 5) is 0. The number of hydrogen-bond acceptors (Lipinski definition) is 1. The number of rotatable bonds is 1. The maximum Gasteiger partial charge on any atom is 0.0688 e. The summed E-state index contributed by atoms with van der Waals surface area (Å²) < 4.78 is 5.89. The van der Waals surface area contributed by atoms with E-state index in [-0.39, 0.29) is 21.4 Å². The second-order valence-electron chi connectivity index (χ2n) is 13.7. The second-order valence-corrected chi connectivity index (χ2v) is 17.8. The molecule has 0 aliphatic carbocycles. The van der Waals surface area contributed by atoms with Gasteiger partial charge in [-0.05, 0) is 59.0 Å². The van der Waals surface area contributed by atoms with Crippen LogP contribution in [-0.2, 0) is 16.2 Å². The van der Waals surface area contributed by atoms with Gasteiger partial charge in [0.05, 0.1) is 5.69 Å². The Morgan fingerprint density at radius 1 is 0.633 bits per heavy atom. The van der Waals surface area contributed by atoms with Gasteiger partial charge in [-0.3, -0.25) is 4.74 Å². The van der Waals surface area contributed by atoms with Crippen molar-refractivity contribution >= 4 is 12.7 Å². The standard InChI is InChI=1S/C28H48NP/c1-19-17-30(18-20(19)2,28(12,13)14)29-24-22(26(6,7)8)15-21(25(3,4)5)16-23(24)27(9,10)11/h15-16H,17-18H2,1-14H3. The fourth-order valence-corrected chi connectivity index (χ4v) is 8.53. The fraction of sp³-hybridized carbons (Fsp3) is 0.714. The van der Waals surface area contributed by atoms with Crippen LogP contribution in [0.1, 0.15) is 114 Å². The molecule has 0 aromatic heterocycles. The van der Waals surface area contributed by atoms with Gasteiger partial charge in [0.2, 0.25) is 0 Å². The van der Waals surface area contributed by atoms with Crippen LogP contribution in [0.5, 0.6) is 0 Å². The molecule has 0 bridgehead atoms. The van der Waals surface area contributed by atoms with E-state index in [0.29, 0.717) is 0 Å². The predicted molar refractivity (Wildman–Crippen MR) is 139 cm³/mol. The molecule has 0 saturated heterocycles. The molecule has 1 aromatic carbocycles. The average molecular weight is 430 g/mol. The molecule has 0 saturated carbocycles. The van der Waals surface area contributed by atoms with Gasteiger partial charge >= 0.3 is 0 Å². The number of hydrogen-bond donors (Lipinski definition) is 0. The topological polar surface area (TPSA) is 12.4 Å². The first-order chi connectivity index (χ1) is 13.2. The normalized spacial score (nSPS) is 18.2. The van der Waals surface area contributed by atoms with E-state index in [4.69, 9.17) is 4.74 Å². The van der Waals surface area contributed by atoms with Crippen LogP contribution in [0.15, 0.2) is 28.0 Å². The maximum absolute atomic E-state index is 5.89. The summed E-state index contributed by atoms with van der Waals surface area (Å²) >= 11 is 0. The molecule has 2 heteroatoms. The average Bonchev–Trinajstić information content (AvgIpc) is 2.79. The highest BCUT2D eigenvalue weighted by Crippen LogP contribution is 2.68. The molecule has 1 aliphatic heterocycles. The fourth-order valence-electron chi connectivity index (χ4n) is 4.32. The lowest BCUT2D eigenvalue weighted by molar-refractivity contribution is 0.550. The largest absolute Gasteiger partial charge is 0.266 e. The monoisotopic (exact) mass is 429 g/mol. The SMILES string of the molecule is CC1=C(C)CP(=Nc2c(C(C)(C)C)cc(C(C)(C)C)cc2C(C)(C)C)(C(C)(C)C)C1. The van der Waals surface area contributed by atoms with E-state index < -0.39 is 7.05 Å². The van der Waals surface area contributed by atoms with Crippen LogP contribution in [-0.4, -0.2) is 17.5 Å². The molecule has 2 rings (SSSR count). The zero-order valence-corrected chi connectivity index (χ0v) is 23.4. The Hall–Kier alpha value is -0.810. The molecule has 30 heavy (non-hydrogen) atoms. The van der Waals surface area contributed by atoms with Crippen molar-refractivity contribution < 1.29 is 0 Å². The molecule has 0 atom stereocenters. The molecular weight excluding hydrogens is 381 g/mol. The first kappa shape index (κ1) is 25.5. The molecular formula is C28H48NP. The van der Waals surface area contributed by atoms with E-state index in [1.165, 1.54) is 34.7 Å². The molecule has 1 nitrogen and oxygen atoms in total. The minimum absolute atomic E-state index is 0.0548. The van der Waals surface area contributed by atoms with Crippen molar-refractivity contribution in [1.82, 2.24) is 0 Å². The van der Waals surface area contributed by atoms with Gasteiger partial charge in [0.1, 0.15) is 0 Å². The third-order valence-corrected chi connectivity index (χ3v) is 11.9. The van der Waals surface area contributed by atoms with Crippen LogP contribution in [0, 0.1) is 0 Å². The summed E-state index contributed by atoms with van der Waals surface area (Å²) in [6.45, 7) is 33.0. The lowest BCUT2D eigenvalue weighted by Gasteiger charge is -2.37. The molecule has 0 spiro atoms. The molecule has 1 aliphatic rings. The van der Waals surface area contributed by atoms with Crippen LogP contribution in [0.3, 0.4) is 0 Å². The molecule has 1 heterocycles. The highest BCUT2D eigenvalue weighted by atomic mass is 31.2. The van der Waals surface area contributed by atoms with Gasteiger partial charge in [-0.2, -0.15) is 0 Å². The molecule has 1 aromatic rings. The summed E-state index contributed by atoms with van der Waals surface area (Å²) in [5.74, 6) is 0. The highest BCUT2D eigenvalue weighted by molar-refractivity contribution is 7.68. The molecule has 170 valence electrons. The quantitative estimate of drug-likeness (QED) is 0.311. The summed E-state index contributed by atoms with van der Waals surface area (Å²) in [5, 5.41) is 0.207. The third-order valence-electron chi connectivity index (χ3n) is 6.86. The first-order valence-electron chi connectivity index (χ1n) is 11.6. The summed E-state index contributed by atoms with van der Waals surface area (Å²) in [6.07, 6.45) is 2.35. The van der Waals surface area contributed by atoms with Crippen molar-refractivity contribution in [2.75, 3.05) is 12.3 Å². The van der Waals surface area contributed by atoms with Crippen LogP contribution in [0.4, 0.5) is 5.69 Å². The Balaban J connectivity index is 3.02. The van der Waals surface area contributed by atoms with Crippen LogP contribution in [0.25, 0.3) is 0 Å². The second kappa shape index (κ2) is 7.65. The minimum Gasteiger partial charge on any atom is -0.266 e. The predicted octanol–water partition coefficient (Wildman–Crippen LogP) is 9.56. The molecule has 0 fully saturated rings. The molecule has 0 radical (unpaired) electrons. The maximum atomic E-state index is 5.89. The van der Waals surface area contributed by atoms with Gasteiger partial charge in [0, 0.05) is 12.3 Å². The van der Waals surface area contributed by atoms with E-state index >= 15 is 0 Å². The van der Waals surface area contributed by atoms with Crippen LogP contribution < -0.4 is 0 Å². The van der Waals surface area contributed by atoms with Crippen molar-refractivity contribution in [2.24, 2.45) is 4.74 Å². The Morgan fingerprint density at radius 3 is 1.27 bits per heavy atom. The Bertz CT molecular complexity index is 847. The van der Waals surface area contributed by atoms with Crippen molar-refractivity contribution in [3.8, 4) is 0 Å². The summed E-state index contributed by atoms with van der Waals surface area (Å²) in [7, 11) is -1.56. The molecule has 0 N–H and O–H groups in total. The number of allylic oxidation sites excluding steroid dienone is 2. The van der Waals surface area contributed by atoms with E-state index in [9.17, 15) is 0 Å². The Morgan fingerprint density at radius 2 is 1.00 bits per heavy atom. The summed E-state index contributed by atoms with van der Waals surface area (Å²) in [5.41, 5.74) is 8.95. The number of nitrogens with zero attached hydrogens (tertiary/aromatic N) is 1. The lowest BCUT2D eigenvalue weighted by atomic mass is 9.74. The molecule has 0 unspecified atom stereocenters. The Kier molecular flexibility index (Phi) is 6.49. The number of benzene rings is 1. The van der Waals surface area contributed by atoms with Gasteiger partial charge < -0.3 is 0 Å². The van der Waals surface area contributed by atoms with E-state index in [1.807, 2.05) is 0 Å². The van der Waals surface area contributed by atoms with E-state index in [2.05, 4.69) is 109 Å². The van der Waals surface area contributed by atoms with Gasteiger partial charge in [-0.1, -0.05) is 106 Å². The smallest absolute Gasteiger partial charge is 0.0688 e. The van der Waals surface area contributed by atoms with Gasteiger partial charge in [-0.25, -0.2) is 0 Å². The zero-order valence-electron chi connectivity index (χ0n) is 22.5. The van der Waals surface area contributed by atoms with Crippen molar-refractivity contribution in [2.45, 2.75) is 118 Å². The highest BCUT2D eigenvalue weighted by Gasteiger charge is 2.40. The van der Waals surface area contributed by atoms with Gasteiger partial charge in [0.25, 0.3) is 0 Å². The van der Waals surface area contributed by atoms with Gasteiger partial charge in [-0.15, -0.1) is 0 Å². The van der Waals surface area contributed by atoms with E-state index in [1.54, 1.807) is 11.1 Å². The third kappa shape index (κ3) is 4.98. The van der Waals surface area contributed by atoms with Gasteiger partial charge in [0.15, 0.2) is 0 Å². The van der Waals surface area contributed by atoms with Crippen molar-refractivity contribution in [3.63, 3.8) is 0 Å². The zero-order chi connectivity index (χ0) is 23.5. The van der Waals surface area contributed by atoms with Crippen molar-refractivity contribution in [1.29, 1.82) is 0 Å². The molecule has 0 amide bonds. The van der Waals surface area contributed by atoms with Crippen LogP contribution in [0.2, 0.25) is 0 Å². The minimum atomic E-state index is -1.56. The lowest BCUT2D eigenvalue weighted by Crippen LogP contribution is -2.22.